The zero-order valence-corrected chi connectivity index (χ0v) is 7.94. The second-order valence-corrected chi connectivity index (χ2v) is 3.35. The molecule has 0 aliphatic carbocycles. The van der Waals surface area contributed by atoms with Gasteiger partial charge >= 0.3 is 7.12 Å². The maximum absolute atomic E-state index is 9.01. The number of aromatic nitrogens is 1. The molecule has 2 N–H and O–H groups in total. The van der Waals surface area contributed by atoms with E-state index in [1.165, 1.54) is 0 Å². The van der Waals surface area contributed by atoms with Crippen LogP contribution in [-0.2, 0) is 0 Å². The monoisotopic (exact) mass is 207 g/mol. The lowest BCUT2D eigenvalue weighted by Crippen LogP contribution is -2.30. The molecule has 2 aromatic rings. The summed E-state index contributed by atoms with van der Waals surface area (Å²) in [6.07, 6.45) is 1.66. The summed E-state index contributed by atoms with van der Waals surface area (Å²) in [5.41, 5.74) is 1.04. The molecule has 0 aliphatic rings. The van der Waals surface area contributed by atoms with Gasteiger partial charge in [0.2, 0.25) is 0 Å². The highest BCUT2D eigenvalue weighted by Gasteiger charge is 2.15. The van der Waals surface area contributed by atoms with Crippen LogP contribution in [-0.4, -0.2) is 22.2 Å². The lowest BCUT2D eigenvalue weighted by atomic mass is 9.79. The zero-order chi connectivity index (χ0) is 10.1. The molecule has 0 saturated heterocycles. The molecule has 0 bridgehead atoms. The number of hydrogen-bond acceptors (Lipinski definition) is 3. The van der Waals surface area contributed by atoms with Gasteiger partial charge in [-0.25, -0.2) is 0 Å². The third kappa shape index (κ3) is 1.59. The van der Waals surface area contributed by atoms with Crippen LogP contribution in [0.4, 0.5) is 0 Å². The van der Waals surface area contributed by atoms with E-state index in [2.05, 4.69) is 4.98 Å². The van der Waals surface area contributed by atoms with Gasteiger partial charge < -0.3 is 10.0 Å². The summed E-state index contributed by atoms with van der Waals surface area (Å²) < 4.78 is 0. The molecule has 14 heavy (non-hydrogen) atoms. The predicted octanol–water partition coefficient (Wildman–Crippen LogP) is 0.568. The van der Waals surface area contributed by atoms with Crippen molar-refractivity contribution in [3.8, 4) is 0 Å². The van der Waals surface area contributed by atoms with Crippen molar-refractivity contribution in [2.45, 2.75) is 0 Å². The van der Waals surface area contributed by atoms with Crippen LogP contribution in [0.5, 0.6) is 0 Å². The van der Waals surface area contributed by atoms with Crippen molar-refractivity contribution >= 4 is 35.1 Å². The van der Waals surface area contributed by atoms with E-state index < -0.39 is 7.12 Å². The van der Waals surface area contributed by atoms with Crippen molar-refractivity contribution in [2.75, 3.05) is 0 Å². The van der Waals surface area contributed by atoms with E-state index in [-0.39, 0.29) is 0 Å². The van der Waals surface area contributed by atoms with Crippen LogP contribution in [0.1, 0.15) is 0 Å². The normalized spacial score (nSPS) is 10.5. The zero-order valence-electron chi connectivity index (χ0n) is 7.18. The smallest absolute Gasteiger partial charge is 0.423 e. The van der Waals surface area contributed by atoms with E-state index >= 15 is 0 Å². The average Bonchev–Trinajstić information content (AvgIpc) is 2.16. The fourth-order valence-corrected chi connectivity index (χ4v) is 1.57. The van der Waals surface area contributed by atoms with Crippen LogP contribution in [0.3, 0.4) is 0 Å². The Morgan fingerprint density at radius 2 is 2.07 bits per heavy atom. The summed E-state index contributed by atoms with van der Waals surface area (Å²) in [5.74, 6) is 0. The van der Waals surface area contributed by atoms with E-state index in [1.807, 2.05) is 6.07 Å². The first-order chi connectivity index (χ1) is 6.68. The number of hydrogen-bond donors (Lipinski definition) is 2. The maximum atomic E-state index is 9.01. The molecule has 0 fully saturated rings. The Balaban J connectivity index is 2.71. The Morgan fingerprint density at radius 1 is 1.29 bits per heavy atom. The quantitative estimate of drug-likeness (QED) is 0.672. The second kappa shape index (κ2) is 3.57. The highest BCUT2D eigenvalue weighted by Crippen LogP contribution is 2.15. The molecule has 0 saturated carbocycles. The minimum Gasteiger partial charge on any atom is -0.423 e. The molecule has 1 aromatic carbocycles. The molecular weight excluding hydrogens is 200 g/mol. The van der Waals surface area contributed by atoms with Crippen LogP contribution in [0.15, 0.2) is 30.5 Å². The lowest BCUT2D eigenvalue weighted by Gasteiger charge is -2.04. The number of nitrogens with zero attached hydrogens (tertiary/aromatic N) is 1. The summed E-state index contributed by atoms with van der Waals surface area (Å²) in [5, 5.41) is 19.2. The molecule has 1 aromatic heterocycles. The number of fused-ring (bicyclic) bond motifs is 1. The third-order valence-corrected chi connectivity index (χ3v) is 2.33. The fourth-order valence-electron chi connectivity index (χ4n) is 1.31. The van der Waals surface area contributed by atoms with E-state index in [1.54, 1.807) is 24.4 Å². The Hall–Kier alpha value is -1.10. The standard InChI is InChI=1S/C9H7BClNO2/c11-8-5-9-6(2-1-3-12-9)4-7(8)10(13)14/h1-5,13-14H. The van der Waals surface area contributed by atoms with Crippen molar-refractivity contribution in [2.24, 2.45) is 0 Å². The first kappa shape index (κ1) is 9.46. The average molecular weight is 207 g/mol. The van der Waals surface area contributed by atoms with Gasteiger partial charge in [-0.1, -0.05) is 23.7 Å². The molecule has 0 unspecified atom stereocenters. The molecule has 3 nitrogen and oxygen atoms in total. The van der Waals surface area contributed by atoms with Crippen molar-refractivity contribution in [1.29, 1.82) is 0 Å². The van der Waals surface area contributed by atoms with Gasteiger partial charge in [0.25, 0.3) is 0 Å². The van der Waals surface area contributed by atoms with Crippen molar-refractivity contribution in [3.63, 3.8) is 0 Å². The summed E-state index contributed by atoms with van der Waals surface area (Å²) in [6.45, 7) is 0. The summed E-state index contributed by atoms with van der Waals surface area (Å²) in [4.78, 5) is 4.09. The Bertz CT molecular complexity index is 475. The van der Waals surface area contributed by atoms with E-state index in [4.69, 9.17) is 21.6 Å². The van der Waals surface area contributed by atoms with E-state index in [0.29, 0.717) is 10.5 Å². The van der Waals surface area contributed by atoms with Crippen LogP contribution in [0.2, 0.25) is 5.02 Å². The highest BCUT2D eigenvalue weighted by molar-refractivity contribution is 6.63. The fraction of sp³-hybridized carbons (Fsp3) is 0. The minimum atomic E-state index is -1.55. The predicted molar refractivity (Wildman–Crippen MR) is 56.6 cm³/mol. The van der Waals surface area contributed by atoms with Gasteiger partial charge in [0, 0.05) is 16.7 Å². The van der Waals surface area contributed by atoms with E-state index in [0.717, 1.165) is 10.9 Å². The van der Waals surface area contributed by atoms with Crippen molar-refractivity contribution in [1.82, 2.24) is 4.98 Å². The molecule has 0 aliphatic heterocycles. The summed E-state index contributed by atoms with van der Waals surface area (Å²) >= 11 is 5.84. The van der Waals surface area contributed by atoms with Crippen LogP contribution < -0.4 is 5.46 Å². The summed E-state index contributed by atoms with van der Waals surface area (Å²) in [6, 6.07) is 6.86. The minimum absolute atomic E-state index is 0.298. The first-order valence-corrected chi connectivity index (χ1v) is 4.46. The molecule has 0 radical (unpaired) electrons. The number of rotatable bonds is 1. The SMILES string of the molecule is OB(O)c1cc2cccnc2cc1Cl. The van der Waals surface area contributed by atoms with E-state index in [9.17, 15) is 0 Å². The molecule has 5 heteroatoms. The molecule has 0 amide bonds. The Morgan fingerprint density at radius 3 is 2.79 bits per heavy atom. The highest BCUT2D eigenvalue weighted by atomic mass is 35.5. The molecular formula is C9H7BClNO2. The van der Waals surface area contributed by atoms with Gasteiger partial charge in [0.15, 0.2) is 0 Å². The van der Waals surface area contributed by atoms with Gasteiger partial charge in [-0.2, -0.15) is 0 Å². The molecule has 0 spiro atoms. The van der Waals surface area contributed by atoms with Gasteiger partial charge in [-0.05, 0) is 17.5 Å². The molecule has 2 rings (SSSR count). The number of halogens is 1. The van der Waals surface area contributed by atoms with Gasteiger partial charge in [-0.15, -0.1) is 0 Å². The maximum Gasteiger partial charge on any atom is 0.489 e. The Kier molecular flexibility index (Phi) is 2.41. The second-order valence-electron chi connectivity index (χ2n) is 2.94. The van der Waals surface area contributed by atoms with Gasteiger partial charge in [0.1, 0.15) is 0 Å². The van der Waals surface area contributed by atoms with Crippen LogP contribution in [0.25, 0.3) is 10.9 Å². The third-order valence-electron chi connectivity index (χ3n) is 2.00. The lowest BCUT2D eigenvalue weighted by molar-refractivity contribution is 0.426. The Labute approximate surface area is 86.1 Å². The number of pyridine rings is 1. The van der Waals surface area contributed by atoms with Crippen molar-refractivity contribution in [3.05, 3.63) is 35.5 Å². The van der Waals surface area contributed by atoms with Crippen LogP contribution in [0, 0.1) is 0 Å². The van der Waals surface area contributed by atoms with Gasteiger partial charge in [0.05, 0.1) is 5.52 Å². The largest absolute Gasteiger partial charge is 0.489 e. The van der Waals surface area contributed by atoms with Crippen molar-refractivity contribution < 1.29 is 10.0 Å². The topological polar surface area (TPSA) is 53.4 Å². The summed E-state index contributed by atoms with van der Waals surface area (Å²) in [7, 11) is -1.55. The van der Waals surface area contributed by atoms with Gasteiger partial charge in [-0.3, -0.25) is 4.98 Å². The van der Waals surface area contributed by atoms with Crippen LogP contribution >= 0.6 is 11.6 Å². The molecule has 1 heterocycles. The molecule has 70 valence electrons. The first-order valence-electron chi connectivity index (χ1n) is 4.09. The molecule has 0 atom stereocenters. The number of benzene rings is 1.